The largest absolute Gasteiger partial charge is 0.489 e. The van der Waals surface area contributed by atoms with E-state index in [1.54, 1.807) is 6.08 Å². The highest BCUT2D eigenvalue weighted by Gasteiger charge is 2.20. The number of nitrogens with one attached hydrogen (secondary N) is 1. The van der Waals surface area contributed by atoms with Crippen LogP contribution >= 0.6 is 11.3 Å². The van der Waals surface area contributed by atoms with Gasteiger partial charge in [0.25, 0.3) is 11.5 Å². The minimum atomic E-state index is -0.563. The Balaban J connectivity index is 1.66. The second-order valence-corrected chi connectivity index (χ2v) is 11.9. The van der Waals surface area contributed by atoms with E-state index in [1.165, 1.54) is 4.57 Å². The van der Waals surface area contributed by atoms with Crippen LogP contribution in [0.1, 0.15) is 38.9 Å². The molecule has 7 heteroatoms. The zero-order chi connectivity index (χ0) is 31.4. The highest BCUT2D eigenvalue weighted by Crippen LogP contribution is 2.23. The van der Waals surface area contributed by atoms with Gasteiger partial charge in [0.1, 0.15) is 23.1 Å². The number of ether oxygens (including phenoxy) is 1. The van der Waals surface area contributed by atoms with Crippen LogP contribution in [0.2, 0.25) is 0 Å². The van der Waals surface area contributed by atoms with E-state index in [0.29, 0.717) is 28.3 Å². The molecule has 0 aliphatic rings. The number of anilines is 1. The Morgan fingerprint density at radius 1 is 0.886 bits per heavy atom. The number of rotatable bonds is 7. The normalized spacial score (nSPS) is 12.0. The first kappa shape index (κ1) is 30.3. The predicted molar refractivity (Wildman–Crippen MR) is 178 cm³/mol. The first-order valence-electron chi connectivity index (χ1n) is 14.3. The minimum Gasteiger partial charge on any atom is -0.489 e. The van der Waals surface area contributed by atoms with E-state index in [1.807, 2.05) is 120 Å². The lowest BCUT2D eigenvalue weighted by atomic mass is 10.0. The van der Waals surface area contributed by atoms with Crippen LogP contribution in [0.5, 0.6) is 5.75 Å². The van der Waals surface area contributed by atoms with Gasteiger partial charge in [0.2, 0.25) is 0 Å². The van der Waals surface area contributed by atoms with E-state index in [2.05, 4.69) is 11.4 Å². The Morgan fingerprint density at radius 2 is 1.55 bits per heavy atom. The number of thiazole rings is 1. The summed E-state index contributed by atoms with van der Waals surface area (Å²) in [6.07, 6.45) is 1.77. The number of nitriles is 1. The molecule has 5 aromatic rings. The van der Waals surface area contributed by atoms with Crippen molar-refractivity contribution in [1.29, 1.82) is 5.26 Å². The first-order valence-corrected chi connectivity index (χ1v) is 15.1. The topological polar surface area (TPSA) is 84.1 Å². The lowest BCUT2D eigenvalue weighted by Gasteiger charge is -2.13. The van der Waals surface area contributed by atoms with Crippen LogP contribution in [-0.2, 0) is 11.4 Å². The van der Waals surface area contributed by atoms with Crippen LogP contribution in [0.15, 0.2) is 89.7 Å². The van der Waals surface area contributed by atoms with Gasteiger partial charge < -0.3 is 10.1 Å². The van der Waals surface area contributed by atoms with E-state index in [-0.39, 0.29) is 15.8 Å². The van der Waals surface area contributed by atoms with Gasteiger partial charge in [-0.05, 0) is 86.2 Å². The van der Waals surface area contributed by atoms with Gasteiger partial charge in [0.05, 0.1) is 10.2 Å². The average Bonchev–Trinajstić information content (AvgIpc) is 3.29. The second kappa shape index (κ2) is 13.0. The molecule has 0 spiro atoms. The summed E-state index contributed by atoms with van der Waals surface area (Å²) in [6, 6.07) is 29.2. The van der Waals surface area contributed by atoms with Crippen LogP contribution in [-0.4, -0.2) is 10.5 Å². The summed E-state index contributed by atoms with van der Waals surface area (Å²) in [4.78, 5) is 27.8. The molecular formula is C37H33N3O3S. The molecule has 6 nitrogen and oxygen atoms in total. The molecule has 4 aromatic carbocycles. The summed E-state index contributed by atoms with van der Waals surface area (Å²) >= 11 is 1.13. The molecular weight excluding hydrogens is 566 g/mol. The van der Waals surface area contributed by atoms with Crippen LogP contribution in [0.25, 0.3) is 17.3 Å². The molecule has 0 bridgehead atoms. The van der Waals surface area contributed by atoms with Gasteiger partial charge in [0, 0.05) is 5.69 Å². The molecule has 0 saturated heterocycles. The van der Waals surface area contributed by atoms with Crippen molar-refractivity contribution in [2.75, 3.05) is 5.32 Å². The molecule has 44 heavy (non-hydrogen) atoms. The van der Waals surface area contributed by atoms with E-state index in [0.717, 1.165) is 50.3 Å². The third-order valence-electron chi connectivity index (χ3n) is 7.36. The molecule has 0 fully saturated rings. The standard InChI is InChI=1S/C37H33N3O3S/c1-23-17-26(4)33(27(5)18-23)39-35(41)31(21-38)37-40(34-24(2)11-9-12-25(34)3)36(42)32(44-37)20-29-15-10-16-30(19-29)43-22-28-13-7-6-8-14-28/h6-20H,22H2,1-5H3,(H,39,41)/b32-20-,37-31+. The van der Waals surface area contributed by atoms with Crippen molar-refractivity contribution in [2.24, 2.45) is 0 Å². The van der Waals surface area contributed by atoms with Gasteiger partial charge in [-0.3, -0.25) is 14.2 Å². The van der Waals surface area contributed by atoms with Crippen LogP contribution in [0.4, 0.5) is 5.69 Å². The number of benzene rings is 4. The van der Waals surface area contributed by atoms with Crippen molar-refractivity contribution in [3.63, 3.8) is 0 Å². The molecule has 0 aliphatic carbocycles. The van der Waals surface area contributed by atoms with Crippen LogP contribution in [0, 0.1) is 45.9 Å². The smallest absolute Gasteiger partial charge is 0.273 e. The van der Waals surface area contributed by atoms with E-state index < -0.39 is 5.91 Å². The van der Waals surface area contributed by atoms with E-state index in [4.69, 9.17) is 4.74 Å². The van der Waals surface area contributed by atoms with Crippen molar-refractivity contribution < 1.29 is 9.53 Å². The molecule has 1 aromatic heterocycles. The molecule has 1 N–H and O–H groups in total. The summed E-state index contributed by atoms with van der Waals surface area (Å²) in [6.45, 7) is 10.1. The number of carbonyl (C=O) groups excluding carboxylic acids is 1. The number of aryl methyl sites for hydroxylation is 5. The van der Waals surface area contributed by atoms with Gasteiger partial charge in [0.15, 0.2) is 5.57 Å². The number of para-hydroxylation sites is 1. The van der Waals surface area contributed by atoms with Gasteiger partial charge >= 0.3 is 0 Å². The lowest BCUT2D eigenvalue weighted by Crippen LogP contribution is -2.33. The highest BCUT2D eigenvalue weighted by molar-refractivity contribution is 7.07. The molecule has 0 atom stereocenters. The molecule has 0 radical (unpaired) electrons. The SMILES string of the molecule is Cc1cc(C)c(NC(=O)/C(C#N)=c2/s/c(=C\c3cccc(OCc4ccccc4)c3)c(=O)n2-c2c(C)cccc2C)c(C)c1. The van der Waals surface area contributed by atoms with Crippen molar-refractivity contribution >= 4 is 34.6 Å². The van der Waals surface area contributed by atoms with Gasteiger partial charge in [-0.1, -0.05) is 78.4 Å². The molecule has 0 saturated carbocycles. The maximum absolute atomic E-state index is 14.1. The van der Waals surface area contributed by atoms with Crippen molar-refractivity contribution in [2.45, 2.75) is 41.2 Å². The summed E-state index contributed by atoms with van der Waals surface area (Å²) in [5, 5.41) is 13.3. The number of hydrogen-bond acceptors (Lipinski definition) is 5. The third-order valence-corrected chi connectivity index (χ3v) is 8.45. The monoisotopic (exact) mass is 599 g/mol. The molecule has 0 aliphatic heterocycles. The third kappa shape index (κ3) is 6.41. The zero-order valence-corrected chi connectivity index (χ0v) is 26.2. The summed E-state index contributed by atoms with van der Waals surface area (Å²) in [7, 11) is 0. The van der Waals surface area contributed by atoms with Crippen molar-refractivity contribution in [1.82, 2.24) is 4.57 Å². The Kier molecular flexibility index (Phi) is 8.94. The van der Waals surface area contributed by atoms with Crippen LogP contribution < -0.4 is 24.8 Å². The van der Waals surface area contributed by atoms with Gasteiger partial charge in [-0.25, -0.2) is 0 Å². The second-order valence-electron chi connectivity index (χ2n) is 10.9. The predicted octanol–water partition coefficient (Wildman–Crippen LogP) is 6.16. The molecule has 5 rings (SSSR count). The Hall–Kier alpha value is -5.19. The Labute approximate surface area is 260 Å². The summed E-state index contributed by atoms with van der Waals surface area (Å²) in [5.41, 5.74) is 7.29. The van der Waals surface area contributed by atoms with E-state index >= 15 is 0 Å². The highest BCUT2D eigenvalue weighted by atomic mass is 32.1. The van der Waals surface area contributed by atoms with E-state index in [9.17, 15) is 14.9 Å². The number of hydrogen-bond donors (Lipinski definition) is 1. The van der Waals surface area contributed by atoms with Gasteiger partial charge in [-0.15, -0.1) is 11.3 Å². The molecule has 220 valence electrons. The number of aromatic nitrogens is 1. The fourth-order valence-electron chi connectivity index (χ4n) is 5.35. The lowest BCUT2D eigenvalue weighted by molar-refractivity contribution is -0.111. The van der Waals surface area contributed by atoms with Crippen LogP contribution in [0.3, 0.4) is 0 Å². The number of amides is 1. The summed E-state index contributed by atoms with van der Waals surface area (Å²) < 4.78 is 8.17. The first-order chi connectivity index (χ1) is 21.2. The molecule has 1 amide bonds. The maximum Gasteiger partial charge on any atom is 0.273 e. The summed E-state index contributed by atoms with van der Waals surface area (Å²) in [5.74, 6) is 0.105. The number of nitrogens with zero attached hydrogens (tertiary/aromatic N) is 2. The minimum absolute atomic E-state index is 0.131. The Morgan fingerprint density at radius 3 is 2.20 bits per heavy atom. The Bertz CT molecular complexity index is 2060. The quantitative estimate of drug-likeness (QED) is 0.243. The fourth-order valence-corrected chi connectivity index (χ4v) is 6.43. The fraction of sp³-hybridized carbons (Fsp3) is 0.162. The molecule has 0 unspecified atom stereocenters. The maximum atomic E-state index is 14.1. The molecule has 1 heterocycles. The average molecular weight is 600 g/mol. The number of carbonyl (C=O) groups is 1. The van der Waals surface area contributed by atoms with Crippen molar-refractivity contribution in [3.05, 3.63) is 143 Å². The zero-order valence-electron chi connectivity index (χ0n) is 25.4. The van der Waals surface area contributed by atoms with Crippen molar-refractivity contribution in [3.8, 4) is 17.5 Å². The van der Waals surface area contributed by atoms with Gasteiger partial charge in [-0.2, -0.15) is 5.26 Å².